The van der Waals surface area contributed by atoms with Gasteiger partial charge in [0.15, 0.2) is 5.75 Å². The molecule has 0 spiro atoms. The van der Waals surface area contributed by atoms with Gasteiger partial charge in [-0.1, -0.05) is 19.1 Å². The smallest absolute Gasteiger partial charge is 0.311 e. The monoisotopic (exact) mass is 291 g/mol. The average Bonchev–Trinajstić information content (AvgIpc) is 2.45. The number of hydrogen-bond donors (Lipinski definition) is 1. The van der Waals surface area contributed by atoms with Crippen LogP contribution in [0.1, 0.15) is 32.3 Å². The summed E-state index contributed by atoms with van der Waals surface area (Å²) in [6, 6.07) is 7.09. The van der Waals surface area contributed by atoms with Crippen molar-refractivity contribution < 1.29 is 9.66 Å². The van der Waals surface area contributed by atoms with E-state index < -0.39 is 10.5 Å². The molecule has 1 N–H and O–H groups in total. The van der Waals surface area contributed by atoms with Gasteiger partial charge in [0.1, 0.15) is 5.54 Å². The summed E-state index contributed by atoms with van der Waals surface area (Å²) in [5, 5.41) is 23.2. The molecule has 1 atom stereocenters. The van der Waals surface area contributed by atoms with Gasteiger partial charge in [-0.25, -0.2) is 0 Å². The molecule has 21 heavy (non-hydrogen) atoms. The Kier molecular flexibility index (Phi) is 6.12. The maximum atomic E-state index is 11.0. The second kappa shape index (κ2) is 7.60. The summed E-state index contributed by atoms with van der Waals surface area (Å²) in [6.07, 6.45) is 1.26. The molecule has 1 aromatic carbocycles. The molecule has 0 aliphatic carbocycles. The van der Waals surface area contributed by atoms with Gasteiger partial charge in [0.25, 0.3) is 0 Å². The second-order valence-electron chi connectivity index (χ2n) is 5.11. The van der Waals surface area contributed by atoms with E-state index in [2.05, 4.69) is 11.4 Å². The molecule has 0 saturated carbocycles. The van der Waals surface area contributed by atoms with E-state index >= 15 is 0 Å². The van der Waals surface area contributed by atoms with Crippen LogP contribution in [0.4, 0.5) is 5.69 Å². The number of aryl methyl sites for hydroxylation is 1. The number of ether oxygens (including phenoxy) is 1. The van der Waals surface area contributed by atoms with E-state index in [9.17, 15) is 10.1 Å². The highest BCUT2D eigenvalue weighted by Gasteiger charge is 2.22. The van der Waals surface area contributed by atoms with Crippen molar-refractivity contribution in [2.75, 3.05) is 13.2 Å². The fourth-order valence-corrected chi connectivity index (χ4v) is 2.14. The SMILES string of the molecule is CCNC(C)(C#N)CCCOc1c(C)cccc1[N+](=O)[O-]. The summed E-state index contributed by atoms with van der Waals surface area (Å²) < 4.78 is 5.57. The van der Waals surface area contributed by atoms with Crippen LogP contribution in [0.2, 0.25) is 0 Å². The summed E-state index contributed by atoms with van der Waals surface area (Å²) in [5.74, 6) is 0.310. The van der Waals surface area contributed by atoms with Crippen LogP contribution in [-0.4, -0.2) is 23.6 Å². The van der Waals surface area contributed by atoms with Gasteiger partial charge < -0.3 is 4.74 Å². The summed E-state index contributed by atoms with van der Waals surface area (Å²) >= 11 is 0. The van der Waals surface area contributed by atoms with Crippen LogP contribution in [0, 0.1) is 28.4 Å². The Bertz CT molecular complexity index is 539. The van der Waals surface area contributed by atoms with Crippen molar-refractivity contribution in [3.63, 3.8) is 0 Å². The standard InChI is InChI=1S/C15H21N3O3/c1-4-17-15(3,11-16)9-6-10-21-14-12(2)7-5-8-13(14)18(19)20/h5,7-8,17H,4,6,9-10H2,1-3H3. The third-order valence-electron chi connectivity index (χ3n) is 3.27. The third kappa shape index (κ3) is 4.72. The summed E-state index contributed by atoms with van der Waals surface area (Å²) in [6.45, 7) is 6.62. The number of nitro benzene ring substituents is 1. The molecule has 0 fully saturated rings. The molecule has 0 saturated heterocycles. The molecule has 1 rings (SSSR count). The molecule has 6 nitrogen and oxygen atoms in total. The van der Waals surface area contributed by atoms with Gasteiger partial charge in [-0.15, -0.1) is 0 Å². The molecule has 0 amide bonds. The number of benzene rings is 1. The number of nitro groups is 1. The Labute approximate surface area is 124 Å². The molecule has 0 aliphatic heterocycles. The van der Waals surface area contributed by atoms with Crippen molar-refractivity contribution in [1.29, 1.82) is 5.26 Å². The van der Waals surface area contributed by atoms with Gasteiger partial charge >= 0.3 is 5.69 Å². The molecule has 0 aliphatic rings. The van der Waals surface area contributed by atoms with Crippen LogP contribution in [0.5, 0.6) is 5.75 Å². The third-order valence-corrected chi connectivity index (χ3v) is 3.27. The number of nitrogens with zero attached hydrogens (tertiary/aromatic N) is 2. The van der Waals surface area contributed by atoms with E-state index in [1.165, 1.54) is 6.07 Å². The predicted octanol–water partition coefficient (Wildman–Crippen LogP) is 2.95. The molecule has 1 unspecified atom stereocenters. The molecule has 1 aromatic rings. The van der Waals surface area contributed by atoms with Gasteiger partial charge in [0, 0.05) is 6.07 Å². The Balaban J connectivity index is 2.62. The molecule has 0 bridgehead atoms. The zero-order valence-corrected chi connectivity index (χ0v) is 12.7. The molecule has 0 radical (unpaired) electrons. The number of rotatable bonds is 8. The first kappa shape index (κ1) is 16.9. The predicted molar refractivity (Wildman–Crippen MR) is 80.3 cm³/mol. The zero-order chi connectivity index (χ0) is 15.9. The first-order valence-electron chi connectivity index (χ1n) is 6.96. The summed E-state index contributed by atoms with van der Waals surface area (Å²) in [5.41, 5.74) is 0.124. The molecule has 114 valence electrons. The first-order chi connectivity index (χ1) is 9.93. The Hall–Kier alpha value is -2.13. The van der Waals surface area contributed by atoms with Gasteiger partial charge in [0.05, 0.1) is 17.6 Å². The van der Waals surface area contributed by atoms with Crippen LogP contribution < -0.4 is 10.1 Å². The van der Waals surface area contributed by atoms with Gasteiger partial charge in [-0.2, -0.15) is 5.26 Å². The van der Waals surface area contributed by atoms with Crippen LogP contribution in [0.3, 0.4) is 0 Å². The molecular weight excluding hydrogens is 270 g/mol. The van der Waals surface area contributed by atoms with E-state index in [1.807, 2.05) is 13.8 Å². The van der Waals surface area contributed by atoms with Crippen molar-refractivity contribution in [2.45, 2.75) is 39.2 Å². The number of nitriles is 1. The lowest BCUT2D eigenvalue weighted by molar-refractivity contribution is -0.385. The highest BCUT2D eigenvalue weighted by molar-refractivity contribution is 5.51. The van der Waals surface area contributed by atoms with Crippen LogP contribution in [0.25, 0.3) is 0 Å². The Morgan fingerprint density at radius 3 is 2.81 bits per heavy atom. The second-order valence-corrected chi connectivity index (χ2v) is 5.11. The van der Waals surface area contributed by atoms with E-state index in [0.717, 1.165) is 5.56 Å². The maximum Gasteiger partial charge on any atom is 0.311 e. The molecule has 0 heterocycles. The van der Waals surface area contributed by atoms with Crippen LogP contribution in [0.15, 0.2) is 18.2 Å². The van der Waals surface area contributed by atoms with Gasteiger partial charge in [-0.3, -0.25) is 15.4 Å². The maximum absolute atomic E-state index is 11.0. The minimum Gasteiger partial charge on any atom is -0.487 e. The number of para-hydroxylation sites is 1. The number of hydrogen-bond acceptors (Lipinski definition) is 5. The summed E-state index contributed by atoms with van der Waals surface area (Å²) in [7, 11) is 0. The highest BCUT2D eigenvalue weighted by Crippen LogP contribution is 2.30. The van der Waals surface area contributed by atoms with E-state index in [0.29, 0.717) is 31.7 Å². The first-order valence-corrected chi connectivity index (χ1v) is 6.96. The Morgan fingerprint density at radius 2 is 2.24 bits per heavy atom. The minimum absolute atomic E-state index is 0.0234. The van der Waals surface area contributed by atoms with Gasteiger partial charge in [-0.05, 0) is 38.8 Å². The zero-order valence-electron chi connectivity index (χ0n) is 12.7. The largest absolute Gasteiger partial charge is 0.487 e. The minimum atomic E-state index is -0.588. The fraction of sp³-hybridized carbons (Fsp3) is 0.533. The van der Waals surface area contributed by atoms with Crippen molar-refractivity contribution in [2.24, 2.45) is 0 Å². The Morgan fingerprint density at radius 1 is 1.52 bits per heavy atom. The number of nitrogens with one attached hydrogen (secondary N) is 1. The van der Waals surface area contributed by atoms with Crippen molar-refractivity contribution >= 4 is 5.69 Å². The molecule has 6 heteroatoms. The normalized spacial score (nSPS) is 13.2. The summed E-state index contributed by atoms with van der Waals surface area (Å²) in [4.78, 5) is 10.5. The van der Waals surface area contributed by atoms with Crippen molar-refractivity contribution in [3.8, 4) is 11.8 Å². The fourth-order valence-electron chi connectivity index (χ4n) is 2.14. The topological polar surface area (TPSA) is 88.2 Å². The van der Waals surface area contributed by atoms with Crippen molar-refractivity contribution in [3.05, 3.63) is 33.9 Å². The quantitative estimate of drug-likeness (QED) is 0.452. The molecular formula is C15H21N3O3. The van der Waals surface area contributed by atoms with E-state index in [1.54, 1.807) is 19.1 Å². The lowest BCUT2D eigenvalue weighted by atomic mass is 9.98. The lowest BCUT2D eigenvalue weighted by Crippen LogP contribution is -2.40. The lowest BCUT2D eigenvalue weighted by Gasteiger charge is -2.22. The highest BCUT2D eigenvalue weighted by atomic mass is 16.6. The van der Waals surface area contributed by atoms with Crippen molar-refractivity contribution in [1.82, 2.24) is 5.32 Å². The average molecular weight is 291 g/mol. The van der Waals surface area contributed by atoms with E-state index in [-0.39, 0.29) is 5.69 Å². The molecule has 0 aromatic heterocycles. The van der Waals surface area contributed by atoms with Gasteiger partial charge in [0.2, 0.25) is 0 Å². The van der Waals surface area contributed by atoms with Crippen LogP contribution in [-0.2, 0) is 0 Å². The van der Waals surface area contributed by atoms with E-state index in [4.69, 9.17) is 10.00 Å². The van der Waals surface area contributed by atoms with Crippen LogP contribution >= 0.6 is 0 Å².